The molecule has 0 aliphatic carbocycles. The van der Waals surface area contributed by atoms with Crippen molar-refractivity contribution < 1.29 is 9.15 Å². The number of nitrogens with two attached hydrogens (primary N) is 1. The minimum atomic E-state index is 0.159. The quantitative estimate of drug-likeness (QED) is 0.912. The Hall–Kier alpha value is -1.74. The van der Waals surface area contributed by atoms with Gasteiger partial charge < -0.3 is 14.9 Å². The van der Waals surface area contributed by atoms with E-state index < -0.39 is 0 Å². The Balaban J connectivity index is 2.01. The van der Waals surface area contributed by atoms with Crippen molar-refractivity contribution >= 4 is 0 Å². The van der Waals surface area contributed by atoms with E-state index in [1.54, 1.807) is 6.26 Å². The molecule has 0 unspecified atom stereocenters. The van der Waals surface area contributed by atoms with Crippen LogP contribution in [0, 0.1) is 0 Å². The number of hydrogen-bond acceptors (Lipinski definition) is 3. The molecule has 0 aliphatic rings. The van der Waals surface area contributed by atoms with Gasteiger partial charge in [0.25, 0.3) is 0 Å². The summed E-state index contributed by atoms with van der Waals surface area (Å²) in [6.45, 7) is 7.46. The lowest BCUT2D eigenvalue weighted by Crippen LogP contribution is -2.10. The zero-order valence-electron chi connectivity index (χ0n) is 11.8. The van der Waals surface area contributed by atoms with E-state index in [4.69, 9.17) is 14.9 Å². The summed E-state index contributed by atoms with van der Waals surface area (Å²) in [4.78, 5) is 0. The van der Waals surface area contributed by atoms with Crippen LogP contribution < -0.4 is 10.5 Å². The first-order chi connectivity index (χ1) is 9.00. The number of ether oxygens (including phenoxy) is 1. The van der Waals surface area contributed by atoms with Gasteiger partial charge in [0, 0.05) is 12.1 Å². The van der Waals surface area contributed by atoms with Gasteiger partial charge in [-0.05, 0) is 29.2 Å². The first-order valence-electron chi connectivity index (χ1n) is 6.49. The van der Waals surface area contributed by atoms with Gasteiger partial charge in [-0.3, -0.25) is 0 Å². The maximum Gasteiger partial charge on any atom is 0.146 e. The molecule has 1 aromatic carbocycles. The fourth-order valence-corrected chi connectivity index (χ4v) is 1.88. The molecule has 19 heavy (non-hydrogen) atoms. The van der Waals surface area contributed by atoms with Crippen LogP contribution in [-0.4, -0.2) is 0 Å². The first-order valence-corrected chi connectivity index (χ1v) is 6.49. The second-order valence-electron chi connectivity index (χ2n) is 5.64. The lowest BCUT2D eigenvalue weighted by molar-refractivity contribution is 0.268. The van der Waals surface area contributed by atoms with Crippen LogP contribution in [-0.2, 0) is 18.6 Å². The normalized spacial score (nSPS) is 11.6. The molecule has 3 nitrogen and oxygen atoms in total. The highest BCUT2D eigenvalue weighted by Gasteiger charge is 2.13. The van der Waals surface area contributed by atoms with E-state index in [1.165, 1.54) is 5.56 Å². The number of benzene rings is 1. The van der Waals surface area contributed by atoms with Gasteiger partial charge in [0.15, 0.2) is 0 Å². The second-order valence-corrected chi connectivity index (χ2v) is 5.64. The SMILES string of the molecule is CC(C)(C)c1ccc(OCc2occc2CN)cc1. The number of furan rings is 1. The molecule has 2 rings (SSSR count). The average molecular weight is 259 g/mol. The second kappa shape index (κ2) is 5.49. The Bertz CT molecular complexity index is 520. The van der Waals surface area contributed by atoms with Crippen LogP contribution >= 0.6 is 0 Å². The highest BCUT2D eigenvalue weighted by atomic mass is 16.5. The van der Waals surface area contributed by atoms with Gasteiger partial charge in [0.1, 0.15) is 18.1 Å². The Morgan fingerprint density at radius 3 is 2.37 bits per heavy atom. The van der Waals surface area contributed by atoms with Crippen LogP contribution in [0.2, 0.25) is 0 Å². The largest absolute Gasteiger partial charge is 0.486 e. The molecule has 0 saturated carbocycles. The van der Waals surface area contributed by atoms with E-state index in [0.29, 0.717) is 13.2 Å². The summed E-state index contributed by atoms with van der Waals surface area (Å²) in [5, 5.41) is 0. The molecule has 0 amide bonds. The molecular weight excluding hydrogens is 238 g/mol. The zero-order chi connectivity index (χ0) is 13.9. The molecule has 1 aromatic heterocycles. The monoisotopic (exact) mass is 259 g/mol. The summed E-state index contributed by atoms with van der Waals surface area (Å²) < 4.78 is 11.1. The zero-order valence-corrected chi connectivity index (χ0v) is 11.8. The van der Waals surface area contributed by atoms with Crippen molar-refractivity contribution in [3.63, 3.8) is 0 Å². The van der Waals surface area contributed by atoms with Crippen LogP contribution in [0.3, 0.4) is 0 Å². The topological polar surface area (TPSA) is 48.4 Å². The Kier molecular flexibility index (Phi) is 3.96. The van der Waals surface area contributed by atoms with Crippen molar-refractivity contribution in [1.82, 2.24) is 0 Å². The third kappa shape index (κ3) is 3.38. The summed E-state index contributed by atoms with van der Waals surface area (Å²) in [6.07, 6.45) is 1.64. The predicted octanol–water partition coefficient (Wildman–Crippen LogP) is 3.61. The molecule has 2 aromatic rings. The van der Waals surface area contributed by atoms with Gasteiger partial charge in [-0.25, -0.2) is 0 Å². The summed E-state index contributed by atoms with van der Waals surface area (Å²) >= 11 is 0. The van der Waals surface area contributed by atoms with Gasteiger partial charge in [-0.2, -0.15) is 0 Å². The maximum atomic E-state index is 5.71. The molecule has 3 heteroatoms. The number of rotatable bonds is 4. The van der Waals surface area contributed by atoms with Gasteiger partial charge in [0.2, 0.25) is 0 Å². The average Bonchev–Trinajstić information content (AvgIpc) is 2.83. The van der Waals surface area contributed by atoms with Crippen molar-refractivity contribution in [3.8, 4) is 5.75 Å². The molecule has 0 spiro atoms. The van der Waals surface area contributed by atoms with Gasteiger partial charge in [0.05, 0.1) is 6.26 Å². The van der Waals surface area contributed by atoms with Crippen LogP contribution in [0.4, 0.5) is 0 Å². The summed E-state index contributed by atoms with van der Waals surface area (Å²) in [5.41, 5.74) is 8.06. The van der Waals surface area contributed by atoms with Crippen molar-refractivity contribution in [1.29, 1.82) is 0 Å². The minimum Gasteiger partial charge on any atom is -0.486 e. The van der Waals surface area contributed by atoms with E-state index in [-0.39, 0.29) is 5.41 Å². The number of hydrogen-bond donors (Lipinski definition) is 1. The Morgan fingerprint density at radius 2 is 1.79 bits per heavy atom. The molecule has 0 saturated heterocycles. The minimum absolute atomic E-state index is 0.159. The molecule has 0 fully saturated rings. The summed E-state index contributed by atoms with van der Waals surface area (Å²) in [6, 6.07) is 10.1. The maximum absolute atomic E-state index is 5.71. The van der Waals surface area contributed by atoms with Crippen LogP contribution in [0.5, 0.6) is 5.75 Å². The highest BCUT2D eigenvalue weighted by Crippen LogP contribution is 2.24. The molecule has 102 valence electrons. The van der Waals surface area contributed by atoms with E-state index in [9.17, 15) is 0 Å². The molecule has 0 atom stereocenters. The van der Waals surface area contributed by atoms with Crippen molar-refractivity contribution in [2.45, 2.75) is 39.3 Å². The summed E-state index contributed by atoms with van der Waals surface area (Å²) in [7, 11) is 0. The molecular formula is C16H21NO2. The third-order valence-corrected chi connectivity index (χ3v) is 3.15. The standard InChI is InChI=1S/C16H21NO2/c1-16(2,3)13-4-6-14(7-5-13)19-11-15-12(10-17)8-9-18-15/h4-9H,10-11,17H2,1-3H3. The third-order valence-electron chi connectivity index (χ3n) is 3.15. The molecule has 2 N–H and O–H groups in total. The van der Waals surface area contributed by atoms with Gasteiger partial charge in [-0.1, -0.05) is 32.9 Å². The lowest BCUT2D eigenvalue weighted by atomic mass is 9.87. The smallest absolute Gasteiger partial charge is 0.146 e. The Labute approximate surface area is 114 Å². The van der Waals surface area contributed by atoms with E-state index in [1.807, 2.05) is 18.2 Å². The van der Waals surface area contributed by atoms with Gasteiger partial charge >= 0.3 is 0 Å². The van der Waals surface area contributed by atoms with Crippen LogP contribution in [0.15, 0.2) is 41.0 Å². The molecule has 0 radical (unpaired) electrons. The highest BCUT2D eigenvalue weighted by molar-refractivity contribution is 5.31. The van der Waals surface area contributed by atoms with Crippen molar-refractivity contribution in [3.05, 3.63) is 53.5 Å². The van der Waals surface area contributed by atoms with Gasteiger partial charge in [-0.15, -0.1) is 0 Å². The molecule has 1 heterocycles. The van der Waals surface area contributed by atoms with Crippen molar-refractivity contribution in [2.24, 2.45) is 5.73 Å². The fraction of sp³-hybridized carbons (Fsp3) is 0.375. The molecule has 0 aliphatic heterocycles. The summed E-state index contributed by atoms with van der Waals surface area (Å²) in [5.74, 6) is 1.63. The predicted molar refractivity (Wildman–Crippen MR) is 76.1 cm³/mol. The van der Waals surface area contributed by atoms with Crippen molar-refractivity contribution in [2.75, 3.05) is 0 Å². The lowest BCUT2D eigenvalue weighted by Gasteiger charge is -2.19. The van der Waals surface area contributed by atoms with E-state index >= 15 is 0 Å². The first kappa shape index (κ1) is 13.7. The van der Waals surface area contributed by atoms with Crippen LogP contribution in [0.25, 0.3) is 0 Å². The Morgan fingerprint density at radius 1 is 1.11 bits per heavy atom. The molecule has 0 bridgehead atoms. The fourth-order valence-electron chi connectivity index (χ4n) is 1.88. The van der Waals surface area contributed by atoms with E-state index in [2.05, 4.69) is 32.9 Å². The van der Waals surface area contributed by atoms with Crippen LogP contribution in [0.1, 0.15) is 37.7 Å². The van der Waals surface area contributed by atoms with E-state index in [0.717, 1.165) is 17.1 Å².